The minimum atomic E-state index is 0.0709. The summed E-state index contributed by atoms with van der Waals surface area (Å²) >= 11 is 13.5. The third-order valence-corrected chi connectivity index (χ3v) is 18.4. The van der Waals surface area contributed by atoms with Gasteiger partial charge in [-0.3, -0.25) is 0 Å². The first-order valence-corrected chi connectivity index (χ1v) is 17.8. The van der Waals surface area contributed by atoms with Gasteiger partial charge < -0.3 is 0 Å². The van der Waals surface area contributed by atoms with Gasteiger partial charge >= 0.3 is 0 Å². The van der Waals surface area contributed by atoms with Gasteiger partial charge in [0.25, 0.3) is 0 Å². The molecular formula is C32H28S6. The van der Waals surface area contributed by atoms with Crippen LogP contribution in [-0.4, -0.2) is 13.6 Å². The molecule has 0 amide bonds. The Labute approximate surface area is 251 Å². The zero-order valence-electron chi connectivity index (χ0n) is 20.8. The van der Waals surface area contributed by atoms with Gasteiger partial charge in [0.2, 0.25) is 0 Å². The molecule has 0 saturated carbocycles. The van der Waals surface area contributed by atoms with E-state index in [1.807, 2.05) is 0 Å². The third-order valence-electron chi connectivity index (χ3n) is 6.92. The van der Waals surface area contributed by atoms with Crippen LogP contribution in [0.1, 0.15) is 22.3 Å². The van der Waals surface area contributed by atoms with Gasteiger partial charge in [0.1, 0.15) is 13.6 Å². The van der Waals surface area contributed by atoms with Crippen molar-refractivity contribution in [3.8, 4) is 0 Å². The molecule has 192 valence electrons. The average molecular weight is 605 g/mol. The van der Waals surface area contributed by atoms with Gasteiger partial charge in [0.05, 0.1) is 0 Å². The van der Waals surface area contributed by atoms with Gasteiger partial charge in [-0.1, -0.05) is 121 Å². The second-order valence-corrected chi connectivity index (χ2v) is 22.7. The summed E-state index contributed by atoms with van der Waals surface area (Å²) in [6.45, 7) is 0. The highest BCUT2D eigenvalue weighted by atomic mass is 32.4. The minimum absolute atomic E-state index is 0.0709. The van der Waals surface area contributed by atoms with E-state index in [4.69, 9.17) is 0 Å². The van der Waals surface area contributed by atoms with E-state index in [1.165, 1.54) is 22.3 Å². The average Bonchev–Trinajstić information content (AvgIpc) is 2.89. The van der Waals surface area contributed by atoms with Gasteiger partial charge in [0.15, 0.2) is 0 Å². The Kier molecular flexibility index (Phi) is 7.11. The smallest absolute Gasteiger partial charge is 0.104 e. The van der Waals surface area contributed by atoms with E-state index in [0.717, 1.165) is 25.7 Å². The molecule has 0 atom stereocenters. The number of rotatable bonds is 8. The predicted molar refractivity (Wildman–Crippen MR) is 177 cm³/mol. The van der Waals surface area contributed by atoms with Gasteiger partial charge in [-0.2, -0.15) is 0 Å². The highest BCUT2D eigenvalue weighted by Crippen LogP contribution is 2.90. The number of thioether (sulfide) groups is 6. The molecule has 0 nitrogen and oxygen atoms in total. The molecule has 0 N–H and O–H groups in total. The van der Waals surface area contributed by atoms with E-state index in [1.54, 1.807) is 0 Å². The molecule has 4 saturated heterocycles. The Hall–Kier alpha value is -1.02. The van der Waals surface area contributed by atoms with Crippen LogP contribution in [0.2, 0.25) is 0 Å². The Morgan fingerprint density at radius 3 is 0.658 bits per heavy atom. The van der Waals surface area contributed by atoms with Crippen molar-refractivity contribution in [2.45, 2.75) is 39.3 Å². The Morgan fingerprint density at radius 1 is 0.289 bits per heavy atom. The number of hydrogen-bond donors (Lipinski definition) is 0. The van der Waals surface area contributed by atoms with Crippen molar-refractivity contribution in [2.24, 2.45) is 0 Å². The predicted octanol–water partition coefficient (Wildman–Crippen LogP) is 10.0. The molecule has 4 aromatic carbocycles. The fraction of sp³-hybridized carbons (Fsp3) is 0.250. The van der Waals surface area contributed by atoms with E-state index in [9.17, 15) is 0 Å². The molecule has 0 aliphatic carbocycles. The van der Waals surface area contributed by atoms with Crippen LogP contribution in [0.5, 0.6) is 0 Å². The Morgan fingerprint density at radius 2 is 0.474 bits per heavy atom. The summed E-state index contributed by atoms with van der Waals surface area (Å²) in [7, 11) is 0. The zero-order chi connectivity index (χ0) is 25.5. The Bertz CT molecular complexity index is 1130. The first-order valence-electron chi connectivity index (χ1n) is 12.9. The van der Waals surface area contributed by atoms with Crippen LogP contribution < -0.4 is 0 Å². The highest BCUT2D eigenvalue weighted by molar-refractivity contribution is 8.64. The molecule has 4 aliphatic heterocycles. The second-order valence-electron chi connectivity index (χ2n) is 9.99. The lowest BCUT2D eigenvalue weighted by Gasteiger charge is -2.67. The lowest BCUT2D eigenvalue weighted by Crippen LogP contribution is -2.56. The lowest BCUT2D eigenvalue weighted by atomic mass is 10.2. The molecular weight excluding hydrogens is 577 g/mol. The fourth-order valence-corrected chi connectivity index (χ4v) is 27.2. The molecule has 6 heteroatoms. The van der Waals surface area contributed by atoms with Gasteiger partial charge in [-0.15, -0.1) is 70.6 Å². The Balaban J connectivity index is 1.35. The van der Waals surface area contributed by atoms with Crippen LogP contribution in [0.15, 0.2) is 121 Å². The van der Waals surface area contributed by atoms with Gasteiger partial charge in [0, 0.05) is 25.7 Å². The number of benzene rings is 4. The third kappa shape index (κ3) is 5.34. The molecule has 4 aromatic rings. The first-order chi connectivity index (χ1) is 18.6. The van der Waals surface area contributed by atoms with Gasteiger partial charge in [-0.25, -0.2) is 0 Å². The molecule has 4 bridgehead atoms. The molecule has 4 aliphatic rings. The quantitative estimate of drug-likeness (QED) is 0.195. The summed E-state index contributed by atoms with van der Waals surface area (Å²) in [5.41, 5.74) is 5.78. The van der Waals surface area contributed by atoms with Crippen molar-refractivity contribution in [3.63, 3.8) is 0 Å². The molecule has 0 aromatic heterocycles. The largest absolute Gasteiger partial charge is 0.117 e. The molecule has 38 heavy (non-hydrogen) atoms. The van der Waals surface area contributed by atoms with Crippen molar-refractivity contribution >= 4 is 70.6 Å². The normalized spacial score (nSPS) is 31.4. The first kappa shape index (κ1) is 25.9. The fourth-order valence-electron chi connectivity index (χ4n) is 5.49. The highest BCUT2D eigenvalue weighted by Gasteiger charge is 2.72. The molecule has 0 unspecified atom stereocenters. The summed E-state index contributed by atoms with van der Waals surface area (Å²) in [5.74, 6) is 0. The van der Waals surface area contributed by atoms with Crippen LogP contribution in [0, 0.1) is 0 Å². The van der Waals surface area contributed by atoms with E-state index in [-0.39, 0.29) is 13.6 Å². The molecule has 8 rings (SSSR count). The van der Waals surface area contributed by atoms with Crippen LogP contribution >= 0.6 is 70.6 Å². The van der Waals surface area contributed by atoms with Crippen LogP contribution in [0.4, 0.5) is 0 Å². The maximum absolute atomic E-state index is 2.32. The summed E-state index contributed by atoms with van der Waals surface area (Å²) in [4.78, 5) is 0. The van der Waals surface area contributed by atoms with E-state index < -0.39 is 0 Å². The SMILES string of the molecule is c1ccc(CC23SC4(Cc5ccccc5)SC(Cc5ccccc5)(S2)SC(Cc2ccccc2)(S3)S4)cc1. The van der Waals surface area contributed by atoms with Crippen molar-refractivity contribution in [2.75, 3.05) is 0 Å². The molecule has 0 spiro atoms. The van der Waals surface area contributed by atoms with Crippen LogP contribution in [-0.2, 0) is 25.7 Å². The monoisotopic (exact) mass is 604 g/mol. The zero-order valence-corrected chi connectivity index (χ0v) is 25.7. The topological polar surface area (TPSA) is 0 Å². The van der Waals surface area contributed by atoms with E-state index in [0.29, 0.717) is 0 Å². The van der Waals surface area contributed by atoms with E-state index >= 15 is 0 Å². The van der Waals surface area contributed by atoms with Crippen molar-refractivity contribution < 1.29 is 0 Å². The minimum Gasteiger partial charge on any atom is -0.104 e. The molecule has 4 fully saturated rings. The summed E-state index contributed by atoms with van der Waals surface area (Å²) < 4.78 is 0.284. The van der Waals surface area contributed by atoms with Gasteiger partial charge in [-0.05, 0) is 22.3 Å². The maximum Gasteiger partial charge on any atom is 0.117 e. The van der Waals surface area contributed by atoms with Crippen molar-refractivity contribution in [1.82, 2.24) is 0 Å². The molecule has 4 heterocycles. The van der Waals surface area contributed by atoms with E-state index in [2.05, 4.69) is 192 Å². The summed E-state index contributed by atoms with van der Waals surface area (Å²) in [6, 6.07) is 44.8. The standard InChI is InChI=1S/C32H28S6/c1-5-13-25(14-6-1)21-29-33-30(22-26-15-7-2-8-16-26)36-31(34-29,23-27-17-9-3-10-18-27)38-32(35-29,37-30)24-28-19-11-4-12-20-28/h1-20H,21-24H2. The second kappa shape index (κ2) is 10.4. The lowest BCUT2D eigenvalue weighted by molar-refractivity contribution is 0.905. The number of hydrogen-bond acceptors (Lipinski definition) is 6. The maximum atomic E-state index is 2.32. The summed E-state index contributed by atoms with van der Waals surface area (Å²) in [5, 5.41) is 0. The van der Waals surface area contributed by atoms with Crippen molar-refractivity contribution in [3.05, 3.63) is 144 Å². The van der Waals surface area contributed by atoms with Crippen molar-refractivity contribution in [1.29, 1.82) is 0 Å². The van der Waals surface area contributed by atoms with Crippen LogP contribution in [0.3, 0.4) is 0 Å². The van der Waals surface area contributed by atoms with Crippen LogP contribution in [0.25, 0.3) is 0 Å². The molecule has 0 radical (unpaired) electrons. The summed E-state index contributed by atoms with van der Waals surface area (Å²) in [6.07, 6.45) is 4.33.